The number of amides is 1. The lowest BCUT2D eigenvalue weighted by molar-refractivity contribution is -0.119. The van der Waals surface area contributed by atoms with Crippen LogP contribution in [0.15, 0.2) is 53.4 Å². The molecule has 2 aliphatic rings. The molecule has 2 saturated heterocycles. The number of anilines is 3. The highest BCUT2D eigenvalue weighted by molar-refractivity contribution is 7.94. The van der Waals surface area contributed by atoms with Gasteiger partial charge in [-0.3, -0.25) is 9.52 Å². The zero-order valence-electron chi connectivity index (χ0n) is 16.5. The van der Waals surface area contributed by atoms with E-state index in [1.807, 2.05) is 12.1 Å². The van der Waals surface area contributed by atoms with Gasteiger partial charge in [-0.15, -0.1) is 0 Å². The zero-order valence-corrected chi connectivity index (χ0v) is 18.1. The van der Waals surface area contributed by atoms with Gasteiger partial charge in [-0.1, -0.05) is 6.92 Å². The van der Waals surface area contributed by atoms with Crippen LogP contribution in [0.2, 0.25) is 0 Å². The van der Waals surface area contributed by atoms with E-state index in [1.54, 1.807) is 19.1 Å². The van der Waals surface area contributed by atoms with Crippen molar-refractivity contribution in [3.8, 4) is 0 Å². The number of hydrogen-bond donors (Lipinski definition) is 1. The molecule has 2 fully saturated rings. The first-order valence-electron chi connectivity index (χ1n) is 9.72. The van der Waals surface area contributed by atoms with Crippen LogP contribution in [0.25, 0.3) is 0 Å². The first-order chi connectivity index (χ1) is 14.2. The van der Waals surface area contributed by atoms with Crippen LogP contribution in [-0.4, -0.2) is 41.6 Å². The number of sulfonamides is 2. The van der Waals surface area contributed by atoms with E-state index in [0.717, 1.165) is 35.9 Å². The van der Waals surface area contributed by atoms with Gasteiger partial charge in [-0.2, -0.15) is 0 Å². The standard InChI is InChI=1S/C20H23N3O5S2/c1-15-14-29(25,26)23(20(15)24)18-8-10-19(11-9-18)30(27,28)21-16-4-6-17(7-5-16)22-12-2-3-13-22/h4-11,15,21H,2-3,12-14H2,1H3/t15-/m1/s1. The Morgan fingerprint density at radius 1 is 0.933 bits per heavy atom. The Kier molecular flexibility index (Phi) is 5.23. The van der Waals surface area contributed by atoms with Crippen molar-refractivity contribution in [2.24, 2.45) is 5.92 Å². The summed E-state index contributed by atoms with van der Waals surface area (Å²) < 4.78 is 53.1. The number of nitrogens with zero attached hydrogens (tertiary/aromatic N) is 2. The summed E-state index contributed by atoms with van der Waals surface area (Å²) in [6.45, 7) is 3.56. The number of nitrogens with one attached hydrogen (secondary N) is 1. The molecule has 8 nitrogen and oxygen atoms in total. The lowest BCUT2D eigenvalue weighted by atomic mass is 10.2. The Labute approximate surface area is 176 Å². The minimum absolute atomic E-state index is 0.0213. The smallest absolute Gasteiger partial charge is 0.261 e. The second-order valence-electron chi connectivity index (χ2n) is 7.62. The van der Waals surface area contributed by atoms with Gasteiger partial charge >= 0.3 is 0 Å². The Balaban J connectivity index is 1.51. The van der Waals surface area contributed by atoms with Gasteiger partial charge in [-0.05, 0) is 61.4 Å². The van der Waals surface area contributed by atoms with Crippen LogP contribution in [-0.2, 0) is 24.8 Å². The SMILES string of the molecule is C[C@@H]1CS(=O)(=O)N(c2ccc(S(=O)(=O)Nc3ccc(N4CCCC4)cc3)cc2)C1=O. The van der Waals surface area contributed by atoms with Crippen LogP contribution in [0, 0.1) is 5.92 Å². The van der Waals surface area contributed by atoms with Crippen molar-refractivity contribution in [3.63, 3.8) is 0 Å². The van der Waals surface area contributed by atoms with Crippen LogP contribution in [0.5, 0.6) is 0 Å². The maximum absolute atomic E-state index is 12.7. The van der Waals surface area contributed by atoms with E-state index in [0.29, 0.717) is 5.69 Å². The molecule has 0 aliphatic carbocycles. The molecule has 0 radical (unpaired) electrons. The van der Waals surface area contributed by atoms with Crippen LogP contribution in [0.3, 0.4) is 0 Å². The predicted molar refractivity (Wildman–Crippen MR) is 116 cm³/mol. The molecule has 0 aromatic heterocycles. The normalized spacial score (nSPS) is 21.2. The third kappa shape index (κ3) is 3.89. The molecule has 1 atom stereocenters. The monoisotopic (exact) mass is 449 g/mol. The van der Waals surface area contributed by atoms with E-state index in [4.69, 9.17) is 0 Å². The van der Waals surface area contributed by atoms with Gasteiger partial charge < -0.3 is 4.90 Å². The third-order valence-electron chi connectivity index (χ3n) is 5.33. The van der Waals surface area contributed by atoms with Crippen molar-refractivity contribution >= 4 is 43.0 Å². The molecule has 0 spiro atoms. The van der Waals surface area contributed by atoms with E-state index in [2.05, 4.69) is 9.62 Å². The van der Waals surface area contributed by atoms with Crippen LogP contribution in [0.1, 0.15) is 19.8 Å². The number of carbonyl (C=O) groups excluding carboxylic acids is 1. The summed E-state index contributed by atoms with van der Waals surface area (Å²) in [4.78, 5) is 14.4. The molecule has 2 aliphatic heterocycles. The lowest BCUT2D eigenvalue weighted by Crippen LogP contribution is -2.30. The van der Waals surface area contributed by atoms with Crippen LogP contribution < -0.4 is 13.9 Å². The highest BCUT2D eigenvalue weighted by Crippen LogP contribution is 2.29. The Hall–Kier alpha value is -2.59. The molecule has 0 saturated carbocycles. The summed E-state index contributed by atoms with van der Waals surface area (Å²) in [6.07, 6.45) is 2.32. The molecule has 1 amide bonds. The number of hydrogen-bond acceptors (Lipinski definition) is 6. The van der Waals surface area contributed by atoms with Crippen molar-refractivity contribution in [3.05, 3.63) is 48.5 Å². The largest absolute Gasteiger partial charge is 0.372 e. The van der Waals surface area contributed by atoms with Crippen molar-refractivity contribution in [1.82, 2.24) is 0 Å². The Morgan fingerprint density at radius 2 is 1.50 bits per heavy atom. The van der Waals surface area contributed by atoms with E-state index >= 15 is 0 Å². The summed E-state index contributed by atoms with van der Waals surface area (Å²) in [5.41, 5.74) is 1.64. The van der Waals surface area contributed by atoms with Crippen molar-refractivity contribution < 1.29 is 21.6 Å². The number of benzene rings is 2. The molecular formula is C20H23N3O5S2. The first-order valence-corrected chi connectivity index (χ1v) is 12.8. The second-order valence-corrected chi connectivity index (χ2v) is 11.2. The molecule has 30 heavy (non-hydrogen) atoms. The summed E-state index contributed by atoms with van der Waals surface area (Å²) in [5, 5.41) is 0. The minimum Gasteiger partial charge on any atom is -0.372 e. The summed E-state index contributed by atoms with van der Waals surface area (Å²) in [7, 11) is -7.59. The van der Waals surface area contributed by atoms with E-state index in [-0.39, 0.29) is 16.3 Å². The van der Waals surface area contributed by atoms with Crippen LogP contribution in [0.4, 0.5) is 17.1 Å². The van der Waals surface area contributed by atoms with Gasteiger partial charge in [0.2, 0.25) is 15.9 Å². The highest BCUT2D eigenvalue weighted by atomic mass is 32.2. The maximum Gasteiger partial charge on any atom is 0.261 e. The fourth-order valence-electron chi connectivity index (χ4n) is 3.78. The molecule has 10 heteroatoms. The van der Waals surface area contributed by atoms with Crippen molar-refractivity contribution in [2.75, 3.05) is 32.8 Å². The highest BCUT2D eigenvalue weighted by Gasteiger charge is 2.42. The summed E-state index contributed by atoms with van der Waals surface area (Å²) in [5.74, 6) is -1.38. The van der Waals surface area contributed by atoms with E-state index < -0.39 is 31.9 Å². The summed E-state index contributed by atoms with van der Waals surface area (Å²) >= 11 is 0. The lowest BCUT2D eigenvalue weighted by Gasteiger charge is -2.18. The third-order valence-corrected chi connectivity index (χ3v) is 8.60. The zero-order chi connectivity index (χ0) is 21.5. The minimum atomic E-state index is -3.86. The quantitative estimate of drug-likeness (QED) is 0.752. The Morgan fingerprint density at radius 3 is 2.03 bits per heavy atom. The molecule has 2 aromatic rings. The molecule has 1 N–H and O–H groups in total. The van der Waals surface area contributed by atoms with Gasteiger partial charge in [0.15, 0.2) is 0 Å². The average molecular weight is 450 g/mol. The molecule has 160 valence electrons. The first kappa shape index (κ1) is 20.7. The van der Waals surface area contributed by atoms with Gasteiger partial charge in [0.1, 0.15) is 0 Å². The molecule has 4 rings (SSSR count). The fourth-order valence-corrected chi connectivity index (χ4v) is 6.66. The maximum atomic E-state index is 12.7. The topological polar surface area (TPSA) is 104 Å². The predicted octanol–water partition coefficient (Wildman–Crippen LogP) is 2.40. The second kappa shape index (κ2) is 7.59. The molecule has 0 bridgehead atoms. The number of rotatable bonds is 5. The van der Waals surface area contributed by atoms with Crippen molar-refractivity contribution in [2.45, 2.75) is 24.7 Å². The van der Waals surface area contributed by atoms with Crippen LogP contribution >= 0.6 is 0 Å². The van der Waals surface area contributed by atoms with E-state index in [1.165, 1.54) is 24.3 Å². The molecule has 2 heterocycles. The van der Waals surface area contributed by atoms with Gasteiger partial charge in [0.05, 0.1) is 22.3 Å². The molecule has 2 aromatic carbocycles. The number of carbonyl (C=O) groups is 1. The molecular weight excluding hydrogens is 426 g/mol. The summed E-state index contributed by atoms with van der Waals surface area (Å²) in [6, 6.07) is 12.5. The van der Waals surface area contributed by atoms with Gasteiger partial charge in [0, 0.05) is 24.5 Å². The van der Waals surface area contributed by atoms with Gasteiger partial charge in [-0.25, -0.2) is 21.1 Å². The fraction of sp³-hybridized carbons (Fsp3) is 0.350. The van der Waals surface area contributed by atoms with Gasteiger partial charge in [0.25, 0.3) is 10.0 Å². The van der Waals surface area contributed by atoms with Crippen molar-refractivity contribution in [1.29, 1.82) is 0 Å². The average Bonchev–Trinajstić information content (AvgIpc) is 3.29. The molecule has 0 unspecified atom stereocenters. The Bertz CT molecular complexity index is 1150. The van der Waals surface area contributed by atoms with E-state index in [9.17, 15) is 21.6 Å².